The van der Waals surface area contributed by atoms with Gasteiger partial charge in [0.25, 0.3) is 5.91 Å². The minimum absolute atomic E-state index is 0.172. The van der Waals surface area contributed by atoms with Crippen molar-refractivity contribution in [2.24, 2.45) is 0 Å². The number of nitrogens with one attached hydrogen (secondary N) is 1. The Morgan fingerprint density at radius 1 is 1.35 bits per heavy atom. The van der Waals surface area contributed by atoms with Crippen molar-refractivity contribution in [1.29, 1.82) is 5.26 Å². The Kier molecular flexibility index (Phi) is 3.71. The van der Waals surface area contributed by atoms with Crippen LogP contribution >= 0.6 is 0 Å². The molecule has 0 atom stereocenters. The van der Waals surface area contributed by atoms with Crippen LogP contribution in [0.15, 0.2) is 18.2 Å². The van der Waals surface area contributed by atoms with Gasteiger partial charge in [0.2, 0.25) is 0 Å². The molecular formula is C13H15N3O. The molecule has 4 heteroatoms. The van der Waals surface area contributed by atoms with Crippen LogP contribution in [-0.2, 0) is 0 Å². The topological polar surface area (TPSA) is 65.8 Å². The summed E-state index contributed by atoms with van der Waals surface area (Å²) in [5.74, 6) is -0.172. The Morgan fingerprint density at radius 3 is 2.82 bits per heavy atom. The predicted octanol–water partition coefficient (Wildman–Crippen LogP) is 2.02. The Morgan fingerprint density at radius 2 is 2.12 bits per heavy atom. The summed E-state index contributed by atoms with van der Waals surface area (Å²) in [6.45, 7) is 0. The summed E-state index contributed by atoms with van der Waals surface area (Å²) in [6, 6.07) is 7.12. The molecule has 1 N–H and O–H groups in total. The van der Waals surface area contributed by atoms with E-state index in [1.807, 2.05) is 6.07 Å². The molecule has 1 aliphatic carbocycles. The second-order valence-corrected chi connectivity index (χ2v) is 4.33. The predicted molar refractivity (Wildman–Crippen MR) is 63.3 cm³/mol. The van der Waals surface area contributed by atoms with E-state index in [0.29, 0.717) is 5.69 Å². The van der Waals surface area contributed by atoms with Crippen LogP contribution in [-0.4, -0.2) is 16.9 Å². The Bertz CT molecular complexity index is 444. The summed E-state index contributed by atoms with van der Waals surface area (Å²) < 4.78 is 0. The van der Waals surface area contributed by atoms with Crippen molar-refractivity contribution < 1.29 is 4.79 Å². The van der Waals surface area contributed by atoms with Gasteiger partial charge in [0.05, 0.1) is 0 Å². The smallest absolute Gasteiger partial charge is 0.270 e. The molecule has 0 radical (unpaired) electrons. The number of hydrogen-bond donors (Lipinski definition) is 1. The summed E-state index contributed by atoms with van der Waals surface area (Å²) in [5.41, 5.74) is 0.607. The van der Waals surface area contributed by atoms with Gasteiger partial charge in [0.15, 0.2) is 0 Å². The summed E-state index contributed by atoms with van der Waals surface area (Å²) in [6.07, 6.45) is 5.70. The lowest BCUT2D eigenvalue weighted by Crippen LogP contribution is -2.36. The van der Waals surface area contributed by atoms with Gasteiger partial charge < -0.3 is 5.32 Å². The first-order valence-corrected chi connectivity index (χ1v) is 5.97. The second kappa shape index (κ2) is 5.44. The Hall–Kier alpha value is -1.89. The maximum absolute atomic E-state index is 11.9. The molecule has 0 spiro atoms. The minimum Gasteiger partial charge on any atom is -0.348 e. The van der Waals surface area contributed by atoms with Crippen molar-refractivity contribution in [2.75, 3.05) is 0 Å². The standard InChI is InChI=1S/C13H15N3O/c14-9-11-7-4-8-12(15-11)13(17)16-10-5-2-1-3-6-10/h4,7-8,10H,1-3,5-6H2,(H,16,17). The van der Waals surface area contributed by atoms with E-state index >= 15 is 0 Å². The van der Waals surface area contributed by atoms with Crippen LogP contribution in [0.4, 0.5) is 0 Å². The van der Waals surface area contributed by atoms with E-state index in [9.17, 15) is 4.79 Å². The van der Waals surface area contributed by atoms with Crippen LogP contribution in [0.3, 0.4) is 0 Å². The summed E-state index contributed by atoms with van der Waals surface area (Å²) in [4.78, 5) is 15.9. The van der Waals surface area contributed by atoms with Gasteiger partial charge in [-0.1, -0.05) is 25.3 Å². The molecule has 1 aromatic rings. The number of rotatable bonds is 2. The lowest BCUT2D eigenvalue weighted by Gasteiger charge is -2.22. The van der Waals surface area contributed by atoms with E-state index in [2.05, 4.69) is 10.3 Å². The van der Waals surface area contributed by atoms with Gasteiger partial charge in [-0.3, -0.25) is 4.79 Å². The molecule has 1 saturated carbocycles. The van der Waals surface area contributed by atoms with E-state index in [4.69, 9.17) is 5.26 Å². The number of pyridine rings is 1. The fraction of sp³-hybridized carbons (Fsp3) is 0.462. The van der Waals surface area contributed by atoms with Crippen molar-refractivity contribution >= 4 is 5.91 Å². The van der Waals surface area contributed by atoms with Crippen LogP contribution in [0.2, 0.25) is 0 Å². The van der Waals surface area contributed by atoms with Crippen LogP contribution in [0.25, 0.3) is 0 Å². The molecule has 4 nitrogen and oxygen atoms in total. The molecule has 1 fully saturated rings. The third-order valence-corrected chi connectivity index (χ3v) is 3.04. The number of nitrogens with zero attached hydrogens (tertiary/aromatic N) is 2. The molecule has 1 aromatic heterocycles. The van der Waals surface area contributed by atoms with Crippen LogP contribution < -0.4 is 5.32 Å². The number of nitriles is 1. The monoisotopic (exact) mass is 229 g/mol. The van der Waals surface area contributed by atoms with Crippen LogP contribution in [0.1, 0.15) is 48.3 Å². The number of hydrogen-bond acceptors (Lipinski definition) is 3. The van der Waals surface area contributed by atoms with E-state index in [0.717, 1.165) is 12.8 Å². The van der Waals surface area contributed by atoms with Gasteiger partial charge in [-0.25, -0.2) is 4.98 Å². The first kappa shape index (κ1) is 11.6. The molecule has 0 aromatic carbocycles. The molecule has 0 bridgehead atoms. The molecule has 1 heterocycles. The third-order valence-electron chi connectivity index (χ3n) is 3.04. The Labute approximate surface area is 101 Å². The highest BCUT2D eigenvalue weighted by atomic mass is 16.1. The normalized spacial score (nSPS) is 16.2. The van der Waals surface area contributed by atoms with Crippen LogP contribution in [0, 0.1) is 11.3 Å². The molecular weight excluding hydrogens is 214 g/mol. The summed E-state index contributed by atoms with van der Waals surface area (Å²) in [7, 11) is 0. The van der Waals surface area contributed by atoms with E-state index < -0.39 is 0 Å². The van der Waals surface area contributed by atoms with Crippen molar-refractivity contribution in [3.63, 3.8) is 0 Å². The summed E-state index contributed by atoms with van der Waals surface area (Å²) in [5, 5.41) is 11.7. The number of carbonyl (C=O) groups is 1. The Balaban J connectivity index is 2.01. The zero-order chi connectivity index (χ0) is 12.1. The maximum Gasteiger partial charge on any atom is 0.270 e. The van der Waals surface area contributed by atoms with Crippen molar-refractivity contribution in [3.8, 4) is 6.07 Å². The zero-order valence-electron chi connectivity index (χ0n) is 9.65. The third kappa shape index (κ3) is 3.04. The maximum atomic E-state index is 11.9. The van der Waals surface area contributed by atoms with Crippen molar-refractivity contribution in [2.45, 2.75) is 38.1 Å². The van der Waals surface area contributed by atoms with Crippen molar-refractivity contribution in [1.82, 2.24) is 10.3 Å². The number of carbonyl (C=O) groups excluding carboxylic acids is 1. The molecule has 0 unspecified atom stereocenters. The fourth-order valence-electron chi connectivity index (χ4n) is 2.13. The first-order chi connectivity index (χ1) is 8.29. The van der Waals surface area contributed by atoms with E-state index in [-0.39, 0.29) is 17.6 Å². The molecule has 0 saturated heterocycles. The van der Waals surface area contributed by atoms with Gasteiger partial charge in [-0.05, 0) is 25.0 Å². The number of aromatic nitrogens is 1. The van der Waals surface area contributed by atoms with Crippen molar-refractivity contribution in [3.05, 3.63) is 29.6 Å². The second-order valence-electron chi connectivity index (χ2n) is 4.33. The van der Waals surface area contributed by atoms with Gasteiger partial charge >= 0.3 is 0 Å². The van der Waals surface area contributed by atoms with E-state index in [1.54, 1.807) is 18.2 Å². The lowest BCUT2D eigenvalue weighted by molar-refractivity contribution is 0.0922. The first-order valence-electron chi connectivity index (χ1n) is 5.97. The molecule has 0 aliphatic heterocycles. The fourth-order valence-corrected chi connectivity index (χ4v) is 2.13. The average Bonchev–Trinajstić information content (AvgIpc) is 2.40. The molecule has 1 aliphatic rings. The highest BCUT2D eigenvalue weighted by molar-refractivity contribution is 5.92. The largest absolute Gasteiger partial charge is 0.348 e. The molecule has 17 heavy (non-hydrogen) atoms. The average molecular weight is 229 g/mol. The van der Waals surface area contributed by atoms with Gasteiger partial charge in [0, 0.05) is 6.04 Å². The van der Waals surface area contributed by atoms with Crippen LogP contribution in [0.5, 0.6) is 0 Å². The quantitative estimate of drug-likeness (QED) is 0.843. The highest BCUT2D eigenvalue weighted by Gasteiger charge is 2.17. The highest BCUT2D eigenvalue weighted by Crippen LogP contribution is 2.17. The number of amides is 1. The molecule has 1 amide bonds. The molecule has 2 rings (SSSR count). The lowest BCUT2D eigenvalue weighted by atomic mass is 9.95. The van der Waals surface area contributed by atoms with E-state index in [1.165, 1.54) is 19.3 Å². The zero-order valence-corrected chi connectivity index (χ0v) is 9.65. The SMILES string of the molecule is N#Cc1cccc(C(=O)NC2CCCCC2)n1. The summed E-state index contributed by atoms with van der Waals surface area (Å²) >= 11 is 0. The van der Waals surface area contributed by atoms with Gasteiger partial charge in [0.1, 0.15) is 17.5 Å². The van der Waals surface area contributed by atoms with Gasteiger partial charge in [-0.15, -0.1) is 0 Å². The van der Waals surface area contributed by atoms with Gasteiger partial charge in [-0.2, -0.15) is 5.26 Å². The minimum atomic E-state index is -0.172. The molecule has 88 valence electrons.